The first kappa shape index (κ1) is 11.0. The van der Waals surface area contributed by atoms with Crippen LogP contribution in [0.1, 0.15) is 11.3 Å². The summed E-state index contributed by atoms with van der Waals surface area (Å²) in [5.41, 5.74) is 8.85. The van der Waals surface area contributed by atoms with Crippen molar-refractivity contribution in [3.63, 3.8) is 0 Å². The third-order valence-corrected chi connectivity index (χ3v) is 3.39. The number of aromatic nitrogens is 2. The highest BCUT2D eigenvalue weighted by atomic mass is 32.2. The molecule has 4 heteroatoms. The van der Waals surface area contributed by atoms with Crippen LogP contribution in [0, 0.1) is 6.92 Å². The van der Waals surface area contributed by atoms with Crippen LogP contribution in [0.2, 0.25) is 0 Å². The van der Waals surface area contributed by atoms with Crippen molar-refractivity contribution in [3.8, 4) is 0 Å². The first-order chi connectivity index (χ1) is 7.77. The minimum absolute atomic E-state index is 0.723. The average molecular weight is 231 g/mol. The van der Waals surface area contributed by atoms with Gasteiger partial charge in [-0.2, -0.15) is 0 Å². The van der Waals surface area contributed by atoms with Crippen molar-refractivity contribution in [1.82, 2.24) is 9.97 Å². The van der Waals surface area contributed by atoms with Gasteiger partial charge in [-0.15, -0.1) is 11.8 Å². The van der Waals surface area contributed by atoms with E-state index in [1.165, 1.54) is 5.56 Å². The molecule has 2 heterocycles. The van der Waals surface area contributed by atoms with E-state index in [0.717, 1.165) is 22.0 Å². The standard InChI is InChI=1S/C12H13N3S/c1-9-3-2-5-15-11(9)8-16-12-4-6-14-7-10(12)13/h2-7H,8,13H2,1H3. The number of hydrogen-bond acceptors (Lipinski definition) is 4. The molecule has 0 fully saturated rings. The molecule has 2 N–H and O–H groups in total. The fourth-order valence-corrected chi connectivity index (χ4v) is 2.31. The normalized spacial score (nSPS) is 10.3. The molecule has 0 aliphatic rings. The van der Waals surface area contributed by atoms with Crippen LogP contribution in [0.15, 0.2) is 41.7 Å². The van der Waals surface area contributed by atoms with Crippen molar-refractivity contribution in [2.45, 2.75) is 17.6 Å². The Labute approximate surface area is 99.1 Å². The molecule has 82 valence electrons. The van der Waals surface area contributed by atoms with Crippen molar-refractivity contribution in [2.24, 2.45) is 0 Å². The number of nitrogens with two attached hydrogens (primary N) is 1. The molecule has 0 saturated heterocycles. The Bertz CT molecular complexity index is 440. The third kappa shape index (κ3) is 2.52. The van der Waals surface area contributed by atoms with E-state index in [-0.39, 0.29) is 0 Å². The van der Waals surface area contributed by atoms with Gasteiger partial charge in [0.2, 0.25) is 0 Å². The zero-order valence-corrected chi connectivity index (χ0v) is 9.87. The average Bonchev–Trinajstić information content (AvgIpc) is 2.30. The van der Waals surface area contributed by atoms with E-state index in [1.807, 2.05) is 18.3 Å². The maximum atomic E-state index is 5.82. The predicted molar refractivity (Wildman–Crippen MR) is 67.2 cm³/mol. The second-order valence-corrected chi connectivity index (χ2v) is 4.49. The second-order valence-electron chi connectivity index (χ2n) is 3.47. The van der Waals surface area contributed by atoms with Gasteiger partial charge in [0.05, 0.1) is 17.6 Å². The van der Waals surface area contributed by atoms with Crippen LogP contribution in [-0.4, -0.2) is 9.97 Å². The minimum atomic E-state index is 0.723. The van der Waals surface area contributed by atoms with Crippen LogP contribution in [-0.2, 0) is 5.75 Å². The number of anilines is 1. The Balaban J connectivity index is 2.09. The maximum absolute atomic E-state index is 5.82. The molecule has 0 bridgehead atoms. The largest absolute Gasteiger partial charge is 0.397 e. The molecular weight excluding hydrogens is 218 g/mol. The van der Waals surface area contributed by atoms with E-state index in [9.17, 15) is 0 Å². The molecule has 0 radical (unpaired) electrons. The molecule has 0 aliphatic heterocycles. The molecule has 0 saturated carbocycles. The fraction of sp³-hybridized carbons (Fsp3) is 0.167. The van der Waals surface area contributed by atoms with Crippen molar-refractivity contribution in [3.05, 3.63) is 48.0 Å². The lowest BCUT2D eigenvalue weighted by Gasteiger charge is -2.05. The number of pyridine rings is 2. The predicted octanol–water partition coefficient (Wildman–Crippen LogP) is 2.66. The monoisotopic (exact) mass is 231 g/mol. The van der Waals surface area contributed by atoms with E-state index >= 15 is 0 Å². The summed E-state index contributed by atoms with van der Waals surface area (Å²) in [7, 11) is 0. The van der Waals surface area contributed by atoms with Crippen molar-refractivity contribution < 1.29 is 0 Å². The molecule has 16 heavy (non-hydrogen) atoms. The van der Waals surface area contributed by atoms with Crippen molar-refractivity contribution >= 4 is 17.4 Å². The van der Waals surface area contributed by atoms with E-state index in [2.05, 4.69) is 23.0 Å². The number of hydrogen-bond donors (Lipinski definition) is 1. The zero-order valence-electron chi connectivity index (χ0n) is 9.05. The van der Waals surface area contributed by atoms with Crippen molar-refractivity contribution in [1.29, 1.82) is 0 Å². The van der Waals surface area contributed by atoms with Crippen LogP contribution < -0.4 is 5.73 Å². The van der Waals surface area contributed by atoms with Crippen LogP contribution in [0.3, 0.4) is 0 Å². The topological polar surface area (TPSA) is 51.8 Å². The minimum Gasteiger partial charge on any atom is -0.397 e. The highest BCUT2D eigenvalue weighted by Gasteiger charge is 2.02. The summed E-state index contributed by atoms with van der Waals surface area (Å²) < 4.78 is 0. The third-order valence-electron chi connectivity index (χ3n) is 2.29. The summed E-state index contributed by atoms with van der Waals surface area (Å²) in [5.74, 6) is 0.834. The van der Waals surface area contributed by atoms with Crippen molar-refractivity contribution in [2.75, 3.05) is 5.73 Å². The Hall–Kier alpha value is -1.55. The van der Waals surface area contributed by atoms with E-state index in [1.54, 1.807) is 24.2 Å². The first-order valence-corrected chi connectivity index (χ1v) is 5.98. The molecule has 0 aromatic carbocycles. The Morgan fingerprint density at radius 2 is 2.19 bits per heavy atom. The number of aryl methyl sites for hydroxylation is 1. The first-order valence-electron chi connectivity index (χ1n) is 5.00. The van der Waals surface area contributed by atoms with Crippen LogP contribution in [0.4, 0.5) is 5.69 Å². The summed E-state index contributed by atoms with van der Waals surface area (Å²) in [6.45, 7) is 2.07. The SMILES string of the molecule is Cc1cccnc1CSc1ccncc1N. The van der Waals surface area contributed by atoms with Gasteiger partial charge in [-0.1, -0.05) is 6.07 Å². The van der Waals surface area contributed by atoms with Gasteiger partial charge in [-0.05, 0) is 24.6 Å². The number of thioether (sulfide) groups is 1. The van der Waals surface area contributed by atoms with Gasteiger partial charge < -0.3 is 5.73 Å². The van der Waals surface area contributed by atoms with Gasteiger partial charge in [-0.25, -0.2) is 0 Å². The lowest BCUT2D eigenvalue weighted by Crippen LogP contribution is -1.93. The molecular formula is C12H13N3S. The smallest absolute Gasteiger partial charge is 0.0638 e. The van der Waals surface area contributed by atoms with Gasteiger partial charge in [-0.3, -0.25) is 9.97 Å². The fourth-order valence-electron chi connectivity index (χ4n) is 1.34. The number of nitrogens with zero attached hydrogens (tertiary/aromatic N) is 2. The van der Waals surface area contributed by atoms with E-state index < -0.39 is 0 Å². The Morgan fingerprint density at radius 1 is 1.31 bits per heavy atom. The van der Waals surface area contributed by atoms with Gasteiger partial charge >= 0.3 is 0 Å². The van der Waals surface area contributed by atoms with Gasteiger partial charge in [0, 0.05) is 23.0 Å². The van der Waals surface area contributed by atoms with Crippen LogP contribution in [0.25, 0.3) is 0 Å². The molecule has 0 unspecified atom stereocenters. The molecule has 0 atom stereocenters. The number of nitrogen functional groups attached to an aromatic ring is 1. The maximum Gasteiger partial charge on any atom is 0.0638 e. The molecule has 0 amide bonds. The molecule has 0 spiro atoms. The molecule has 2 rings (SSSR count). The lowest BCUT2D eigenvalue weighted by atomic mass is 10.2. The van der Waals surface area contributed by atoms with Crippen LogP contribution >= 0.6 is 11.8 Å². The second kappa shape index (κ2) is 4.99. The summed E-state index contributed by atoms with van der Waals surface area (Å²) in [6.07, 6.45) is 5.25. The van der Waals surface area contributed by atoms with Gasteiger partial charge in [0.1, 0.15) is 0 Å². The Kier molecular flexibility index (Phi) is 3.41. The molecule has 2 aromatic rings. The zero-order chi connectivity index (χ0) is 11.4. The Morgan fingerprint density at radius 3 is 2.94 bits per heavy atom. The summed E-state index contributed by atoms with van der Waals surface area (Å²) in [5, 5.41) is 0. The summed E-state index contributed by atoms with van der Waals surface area (Å²) in [4.78, 5) is 9.36. The van der Waals surface area contributed by atoms with Crippen LogP contribution in [0.5, 0.6) is 0 Å². The lowest BCUT2D eigenvalue weighted by molar-refractivity contribution is 1.13. The molecule has 2 aromatic heterocycles. The summed E-state index contributed by atoms with van der Waals surface area (Å²) >= 11 is 1.69. The van der Waals surface area contributed by atoms with E-state index in [0.29, 0.717) is 0 Å². The van der Waals surface area contributed by atoms with E-state index in [4.69, 9.17) is 5.73 Å². The number of rotatable bonds is 3. The molecule has 0 aliphatic carbocycles. The highest BCUT2D eigenvalue weighted by molar-refractivity contribution is 7.98. The molecule has 3 nitrogen and oxygen atoms in total. The highest BCUT2D eigenvalue weighted by Crippen LogP contribution is 2.27. The quantitative estimate of drug-likeness (QED) is 0.825. The van der Waals surface area contributed by atoms with Gasteiger partial charge in [0.25, 0.3) is 0 Å². The van der Waals surface area contributed by atoms with Gasteiger partial charge in [0.15, 0.2) is 0 Å². The summed E-state index contributed by atoms with van der Waals surface area (Å²) in [6, 6.07) is 5.95.